The van der Waals surface area contributed by atoms with E-state index in [9.17, 15) is 9.59 Å². The smallest absolute Gasteiger partial charge is 0.348 e. The van der Waals surface area contributed by atoms with Gasteiger partial charge in [0.15, 0.2) is 12.2 Å². The molecule has 0 bridgehead atoms. The quantitative estimate of drug-likeness (QED) is 0.781. The van der Waals surface area contributed by atoms with Crippen LogP contribution in [0.1, 0.15) is 33.1 Å². The van der Waals surface area contributed by atoms with Crippen LogP contribution in [0.3, 0.4) is 0 Å². The first-order valence-corrected chi connectivity index (χ1v) is 7.32. The van der Waals surface area contributed by atoms with Crippen LogP contribution in [0.15, 0.2) is 30.3 Å². The summed E-state index contributed by atoms with van der Waals surface area (Å²) in [4.78, 5) is 23.8. The zero-order valence-corrected chi connectivity index (χ0v) is 12.4. The van der Waals surface area contributed by atoms with Gasteiger partial charge >= 0.3 is 5.97 Å². The standard InChI is InChI=1S/C16H21NO4/c1-3-14(21-13-7-5-4-6-8-13)16(19)20-11(2)15(18)17-12-9-10-12/h4-8,11-12,14H,3,9-10H2,1-2H3,(H,17,18)/t11-,14+/m0/s1. The molecule has 1 saturated carbocycles. The van der Waals surface area contributed by atoms with Crippen molar-refractivity contribution in [2.75, 3.05) is 0 Å². The van der Waals surface area contributed by atoms with E-state index >= 15 is 0 Å². The predicted molar refractivity (Wildman–Crippen MR) is 77.9 cm³/mol. The number of hydrogen-bond donors (Lipinski definition) is 1. The van der Waals surface area contributed by atoms with Crippen molar-refractivity contribution >= 4 is 11.9 Å². The minimum Gasteiger partial charge on any atom is -0.479 e. The lowest BCUT2D eigenvalue weighted by Gasteiger charge is -2.19. The Labute approximate surface area is 124 Å². The van der Waals surface area contributed by atoms with Gasteiger partial charge in [-0.15, -0.1) is 0 Å². The third-order valence-corrected chi connectivity index (χ3v) is 3.24. The third-order valence-electron chi connectivity index (χ3n) is 3.24. The average molecular weight is 291 g/mol. The zero-order valence-electron chi connectivity index (χ0n) is 12.4. The summed E-state index contributed by atoms with van der Waals surface area (Å²) in [5.74, 6) is -0.156. The monoisotopic (exact) mass is 291 g/mol. The van der Waals surface area contributed by atoms with Gasteiger partial charge in [0.25, 0.3) is 5.91 Å². The number of benzene rings is 1. The SMILES string of the molecule is CC[C@@H](Oc1ccccc1)C(=O)O[C@@H](C)C(=O)NC1CC1. The lowest BCUT2D eigenvalue weighted by atomic mass is 10.2. The summed E-state index contributed by atoms with van der Waals surface area (Å²) in [5.41, 5.74) is 0. The Hall–Kier alpha value is -2.04. The maximum atomic E-state index is 12.1. The van der Waals surface area contributed by atoms with Crippen LogP contribution >= 0.6 is 0 Å². The summed E-state index contributed by atoms with van der Waals surface area (Å²) in [6.07, 6.45) is 0.975. The van der Waals surface area contributed by atoms with Gasteiger partial charge in [0.1, 0.15) is 5.75 Å². The van der Waals surface area contributed by atoms with Gasteiger partial charge in [-0.3, -0.25) is 4.79 Å². The molecule has 0 saturated heterocycles. The second-order valence-electron chi connectivity index (χ2n) is 5.19. The fourth-order valence-corrected chi connectivity index (χ4v) is 1.81. The molecule has 0 aliphatic heterocycles. The molecular weight excluding hydrogens is 270 g/mol. The van der Waals surface area contributed by atoms with Crippen molar-refractivity contribution in [1.82, 2.24) is 5.32 Å². The van der Waals surface area contributed by atoms with Gasteiger partial charge in [-0.05, 0) is 38.3 Å². The first-order valence-electron chi connectivity index (χ1n) is 7.32. The Morgan fingerprint density at radius 3 is 2.52 bits per heavy atom. The largest absolute Gasteiger partial charge is 0.479 e. The normalized spacial score (nSPS) is 16.7. The molecule has 2 rings (SSSR count). The van der Waals surface area contributed by atoms with Gasteiger partial charge in [0.05, 0.1) is 0 Å². The van der Waals surface area contributed by atoms with E-state index in [0.717, 1.165) is 12.8 Å². The second-order valence-corrected chi connectivity index (χ2v) is 5.19. The molecule has 1 N–H and O–H groups in total. The molecule has 1 aliphatic carbocycles. The van der Waals surface area contributed by atoms with E-state index in [0.29, 0.717) is 12.2 Å². The molecule has 5 nitrogen and oxygen atoms in total. The highest BCUT2D eigenvalue weighted by Gasteiger charge is 2.29. The number of amides is 1. The molecule has 0 unspecified atom stereocenters. The Kier molecular flexibility index (Phi) is 5.20. The summed E-state index contributed by atoms with van der Waals surface area (Å²) in [7, 11) is 0. The number of esters is 1. The number of hydrogen-bond acceptors (Lipinski definition) is 4. The van der Waals surface area contributed by atoms with Crippen LogP contribution in [0, 0.1) is 0 Å². The minimum absolute atomic E-state index is 0.250. The molecule has 21 heavy (non-hydrogen) atoms. The highest BCUT2D eigenvalue weighted by atomic mass is 16.6. The fourth-order valence-electron chi connectivity index (χ4n) is 1.81. The molecule has 1 amide bonds. The van der Waals surface area contributed by atoms with Gasteiger partial charge < -0.3 is 14.8 Å². The third kappa shape index (κ3) is 4.77. The number of rotatable bonds is 7. The van der Waals surface area contributed by atoms with Crippen LogP contribution in [0.2, 0.25) is 0 Å². The molecule has 1 fully saturated rings. The lowest BCUT2D eigenvalue weighted by molar-refractivity contribution is -0.161. The van der Waals surface area contributed by atoms with E-state index in [1.165, 1.54) is 0 Å². The first-order chi connectivity index (χ1) is 10.1. The Bertz CT molecular complexity index is 484. The molecule has 1 aromatic carbocycles. The summed E-state index contributed by atoms with van der Waals surface area (Å²) in [5, 5.41) is 2.81. The summed E-state index contributed by atoms with van der Waals surface area (Å²) >= 11 is 0. The van der Waals surface area contributed by atoms with E-state index in [-0.39, 0.29) is 11.9 Å². The number of carbonyl (C=O) groups excluding carboxylic acids is 2. The number of nitrogens with one attached hydrogen (secondary N) is 1. The van der Waals surface area contributed by atoms with E-state index in [1.807, 2.05) is 25.1 Å². The van der Waals surface area contributed by atoms with Crippen molar-refractivity contribution in [2.45, 2.75) is 51.4 Å². The van der Waals surface area contributed by atoms with E-state index in [1.54, 1.807) is 19.1 Å². The van der Waals surface area contributed by atoms with Crippen LogP contribution in [0.4, 0.5) is 0 Å². The molecule has 0 radical (unpaired) electrons. The van der Waals surface area contributed by atoms with Gasteiger partial charge in [0.2, 0.25) is 0 Å². The van der Waals surface area contributed by atoms with Crippen LogP contribution < -0.4 is 10.1 Å². The maximum Gasteiger partial charge on any atom is 0.348 e. The van der Waals surface area contributed by atoms with Crippen LogP contribution in [-0.4, -0.2) is 30.1 Å². The molecule has 114 valence electrons. The van der Waals surface area contributed by atoms with Gasteiger partial charge in [-0.2, -0.15) is 0 Å². The van der Waals surface area contributed by atoms with Crippen molar-refractivity contribution in [1.29, 1.82) is 0 Å². The highest BCUT2D eigenvalue weighted by Crippen LogP contribution is 2.19. The molecule has 2 atom stereocenters. The molecule has 5 heteroatoms. The lowest BCUT2D eigenvalue weighted by Crippen LogP contribution is -2.40. The topological polar surface area (TPSA) is 64.6 Å². The van der Waals surface area contributed by atoms with Crippen molar-refractivity contribution in [3.05, 3.63) is 30.3 Å². The van der Waals surface area contributed by atoms with Crippen molar-refractivity contribution in [3.8, 4) is 5.75 Å². The van der Waals surface area contributed by atoms with Crippen LogP contribution in [0.25, 0.3) is 0 Å². The van der Waals surface area contributed by atoms with Gasteiger partial charge in [0, 0.05) is 6.04 Å². The predicted octanol–water partition coefficient (Wildman–Crippen LogP) is 2.05. The van der Waals surface area contributed by atoms with E-state index < -0.39 is 18.2 Å². The average Bonchev–Trinajstić information content (AvgIpc) is 3.29. The molecule has 1 aliphatic rings. The molecule has 0 spiro atoms. The zero-order chi connectivity index (χ0) is 15.2. The molecular formula is C16H21NO4. The summed E-state index contributed by atoms with van der Waals surface area (Å²) < 4.78 is 10.8. The number of para-hydroxylation sites is 1. The second kappa shape index (κ2) is 7.11. The van der Waals surface area contributed by atoms with E-state index in [2.05, 4.69) is 5.32 Å². The Morgan fingerprint density at radius 1 is 1.29 bits per heavy atom. The number of carbonyl (C=O) groups is 2. The first kappa shape index (κ1) is 15.4. The van der Waals surface area contributed by atoms with Crippen LogP contribution in [0.5, 0.6) is 5.75 Å². The molecule has 1 aromatic rings. The molecule has 0 aromatic heterocycles. The fraction of sp³-hybridized carbons (Fsp3) is 0.500. The maximum absolute atomic E-state index is 12.1. The van der Waals surface area contributed by atoms with Crippen molar-refractivity contribution in [2.24, 2.45) is 0 Å². The molecule has 0 heterocycles. The Balaban J connectivity index is 1.85. The van der Waals surface area contributed by atoms with Crippen LogP contribution in [-0.2, 0) is 14.3 Å². The number of ether oxygens (including phenoxy) is 2. The van der Waals surface area contributed by atoms with Gasteiger partial charge in [-0.25, -0.2) is 4.79 Å². The van der Waals surface area contributed by atoms with E-state index in [4.69, 9.17) is 9.47 Å². The van der Waals surface area contributed by atoms with Crippen molar-refractivity contribution < 1.29 is 19.1 Å². The minimum atomic E-state index is -0.800. The highest BCUT2D eigenvalue weighted by molar-refractivity contribution is 5.85. The Morgan fingerprint density at radius 2 is 1.95 bits per heavy atom. The van der Waals surface area contributed by atoms with Crippen molar-refractivity contribution in [3.63, 3.8) is 0 Å². The summed E-state index contributed by atoms with van der Waals surface area (Å²) in [6.45, 7) is 3.41. The van der Waals surface area contributed by atoms with Gasteiger partial charge in [-0.1, -0.05) is 25.1 Å². The summed E-state index contributed by atoms with van der Waals surface area (Å²) in [6, 6.07) is 9.34.